The van der Waals surface area contributed by atoms with Crippen LogP contribution in [0.5, 0.6) is 0 Å². The van der Waals surface area contributed by atoms with Crippen molar-refractivity contribution in [1.29, 1.82) is 0 Å². The van der Waals surface area contributed by atoms with Crippen molar-refractivity contribution in [3.63, 3.8) is 0 Å². The highest BCUT2D eigenvalue weighted by Gasteiger charge is 1.92. The molecule has 6 rings (SSSR count). The minimum Gasteiger partial charge on any atom is -0.0683 e. The second kappa shape index (κ2) is 20.9. The molecule has 0 bridgehead atoms. The molecule has 0 atom stereocenters. The second-order valence-corrected chi connectivity index (χ2v) is 9.91. The van der Waals surface area contributed by atoms with Gasteiger partial charge in [-0.05, 0) is 58.7 Å². The predicted molar refractivity (Wildman–Crippen MR) is 189 cm³/mol. The third kappa shape index (κ3) is 12.9. The van der Waals surface area contributed by atoms with E-state index < -0.39 is 0 Å². The molecule has 0 unspecified atom stereocenters. The van der Waals surface area contributed by atoms with Crippen LogP contribution in [-0.4, -0.2) is 0 Å². The van der Waals surface area contributed by atoms with E-state index in [4.69, 9.17) is 0 Å². The molecule has 0 aliphatic heterocycles. The average molecular weight is 545 g/mol. The molecule has 0 nitrogen and oxygen atoms in total. The monoisotopic (exact) mass is 544 g/mol. The first-order chi connectivity index (χ1) is 19.9. The van der Waals surface area contributed by atoms with E-state index >= 15 is 0 Å². The van der Waals surface area contributed by atoms with Crippen LogP contribution in [0.3, 0.4) is 0 Å². The molecule has 0 heterocycles. The van der Waals surface area contributed by atoms with Crippen LogP contribution < -0.4 is 0 Å². The minimum atomic E-state index is 1.25. The Kier molecular flexibility index (Phi) is 17.9. The summed E-state index contributed by atoms with van der Waals surface area (Å²) in [5.74, 6) is 0. The normalized spacial score (nSPS) is 9.29. The Balaban J connectivity index is 0.000000273. The van der Waals surface area contributed by atoms with Crippen molar-refractivity contribution in [2.75, 3.05) is 0 Å². The van der Waals surface area contributed by atoms with Crippen molar-refractivity contribution >= 4 is 32.3 Å². The van der Waals surface area contributed by atoms with Gasteiger partial charge in [-0.2, -0.15) is 0 Å². The van der Waals surface area contributed by atoms with E-state index in [1.165, 1.54) is 61.8 Å². The highest BCUT2D eigenvalue weighted by molar-refractivity contribution is 5.85. The van der Waals surface area contributed by atoms with Crippen LogP contribution in [-0.2, 0) is 0 Å². The van der Waals surface area contributed by atoms with Gasteiger partial charge in [0.25, 0.3) is 0 Å². The van der Waals surface area contributed by atoms with E-state index in [1.807, 2.05) is 13.8 Å². The highest BCUT2D eigenvalue weighted by Crippen LogP contribution is 2.17. The summed E-state index contributed by atoms with van der Waals surface area (Å²) >= 11 is 0. The third-order valence-corrected chi connectivity index (χ3v) is 5.82. The van der Waals surface area contributed by atoms with Gasteiger partial charge in [-0.15, -0.1) is 0 Å². The van der Waals surface area contributed by atoms with E-state index in [-0.39, 0.29) is 0 Å². The number of aryl methyl sites for hydroxylation is 3. The second-order valence-electron chi connectivity index (χ2n) is 9.91. The molecule has 6 aromatic carbocycles. The van der Waals surface area contributed by atoms with Gasteiger partial charge < -0.3 is 0 Å². The summed E-state index contributed by atoms with van der Waals surface area (Å²) < 4.78 is 0. The van der Waals surface area contributed by atoms with Gasteiger partial charge in [-0.1, -0.05) is 193 Å². The van der Waals surface area contributed by atoms with Crippen LogP contribution >= 0.6 is 0 Å². The first-order valence-corrected chi connectivity index (χ1v) is 15.3. The first-order valence-electron chi connectivity index (χ1n) is 15.3. The summed E-state index contributed by atoms with van der Waals surface area (Å²) in [5, 5.41) is 7.97. The Morgan fingerprint density at radius 3 is 1.12 bits per heavy atom. The number of hydrogen-bond acceptors (Lipinski definition) is 0. The van der Waals surface area contributed by atoms with Gasteiger partial charge >= 0.3 is 0 Å². The van der Waals surface area contributed by atoms with Crippen molar-refractivity contribution in [3.05, 3.63) is 144 Å². The molecule has 41 heavy (non-hydrogen) atoms. The summed E-state index contributed by atoms with van der Waals surface area (Å²) in [7, 11) is 0. The average Bonchev–Trinajstić information content (AvgIpc) is 3.00. The van der Waals surface area contributed by atoms with Crippen LogP contribution in [0.15, 0.2) is 127 Å². The summed E-state index contributed by atoms with van der Waals surface area (Å²) in [6.45, 7) is 18.9. The number of rotatable bonds is 0. The van der Waals surface area contributed by atoms with Gasteiger partial charge in [0.1, 0.15) is 0 Å². The fraction of sp³-hybridized carbons (Fsp3) is 0.268. The SMILES string of the molecule is CC.CCC.CCC.Cc1ccc2ccccc2c1.Cc1ccc2ccccc2c1.Cc1cccc2ccccc12. The molecular weight excluding hydrogens is 492 g/mol. The standard InChI is InChI=1S/3C11H10.2C3H8.C2H6/c1-9-5-4-7-10-6-2-3-8-11(9)10;2*1-9-6-7-10-4-2-3-5-11(10)8-9;2*1-3-2;1-2/h3*2-8H,1H3;2*3H2,1-2H3;1-2H3. The molecule has 0 radical (unpaired) electrons. The molecule has 0 amide bonds. The maximum atomic E-state index is 2.20. The van der Waals surface area contributed by atoms with Gasteiger partial charge in [0, 0.05) is 0 Å². The van der Waals surface area contributed by atoms with E-state index in [0.29, 0.717) is 0 Å². The third-order valence-electron chi connectivity index (χ3n) is 5.82. The molecule has 0 N–H and O–H groups in total. The molecule has 0 aliphatic rings. The Hall–Kier alpha value is -3.90. The molecule has 0 heteroatoms. The van der Waals surface area contributed by atoms with Crippen LogP contribution in [0.25, 0.3) is 32.3 Å². The molecule has 0 aliphatic carbocycles. The Morgan fingerprint density at radius 2 is 0.707 bits per heavy atom. The fourth-order valence-corrected chi connectivity index (χ4v) is 4.00. The molecule has 0 saturated heterocycles. The summed E-state index contributed by atoms with van der Waals surface area (Å²) in [5.41, 5.74) is 4.00. The van der Waals surface area contributed by atoms with Gasteiger partial charge in [-0.25, -0.2) is 0 Å². The van der Waals surface area contributed by atoms with E-state index in [2.05, 4.69) is 176 Å². The van der Waals surface area contributed by atoms with Crippen LogP contribution in [0.1, 0.15) is 71.1 Å². The van der Waals surface area contributed by atoms with Gasteiger partial charge in [0.2, 0.25) is 0 Å². The van der Waals surface area contributed by atoms with Crippen LogP contribution in [0.4, 0.5) is 0 Å². The molecule has 6 aromatic rings. The molecule has 216 valence electrons. The zero-order valence-electron chi connectivity index (χ0n) is 27.0. The van der Waals surface area contributed by atoms with E-state index in [9.17, 15) is 0 Å². The van der Waals surface area contributed by atoms with E-state index in [0.717, 1.165) is 0 Å². The Morgan fingerprint density at radius 1 is 0.366 bits per heavy atom. The lowest BCUT2D eigenvalue weighted by atomic mass is 10.1. The van der Waals surface area contributed by atoms with E-state index in [1.54, 1.807) is 0 Å². The van der Waals surface area contributed by atoms with Gasteiger partial charge in [0.05, 0.1) is 0 Å². The largest absolute Gasteiger partial charge is 0.0683 e. The first kappa shape index (κ1) is 35.1. The smallest absolute Gasteiger partial charge is 0.0155 e. The summed E-state index contributed by atoms with van der Waals surface area (Å²) in [6, 6.07) is 44.7. The van der Waals surface area contributed by atoms with Crippen LogP contribution in [0.2, 0.25) is 0 Å². The Labute approximate surface area is 251 Å². The number of hydrogen-bond donors (Lipinski definition) is 0. The highest BCUT2D eigenvalue weighted by atomic mass is 14.0. The molecule has 0 spiro atoms. The lowest BCUT2D eigenvalue weighted by molar-refractivity contribution is 1.09. The van der Waals surface area contributed by atoms with Gasteiger partial charge in [0.15, 0.2) is 0 Å². The van der Waals surface area contributed by atoms with Crippen molar-refractivity contribution in [3.8, 4) is 0 Å². The minimum absolute atomic E-state index is 1.25. The van der Waals surface area contributed by atoms with Gasteiger partial charge in [-0.3, -0.25) is 0 Å². The summed E-state index contributed by atoms with van der Waals surface area (Å²) in [6.07, 6.45) is 2.50. The zero-order valence-corrected chi connectivity index (χ0v) is 27.0. The number of fused-ring (bicyclic) bond motifs is 3. The van der Waals surface area contributed by atoms with Crippen molar-refractivity contribution in [2.45, 2.75) is 75.2 Å². The topological polar surface area (TPSA) is 0 Å². The maximum absolute atomic E-state index is 2.20. The van der Waals surface area contributed by atoms with Crippen molar-refractivity contribution in [1.82, 2.24) is 0 Å². The van der Waals surface area contributed by atoms with Crippen LogP contribution in [0, 0.1) is 20.8 Å². The quantitative estimate of drug-likeness (QED) is 0.178. The molecule has 0 aromatic heterocycles. The zero-order chi connectivity index (χ0) is 30.5. The molecule has 0 fully saturated rings. The molecule has 0 saturated carbocycles. The fourth-order valence-electron chi connectivity index (χ4n) is 4.00. The number of benzene rings is 6. The lowest BCUT2D eigenvalue weighted by Crippen LogP contribution is -1.75. The van der Waals surface area contributed by atoms with Crippen molar-refractivity contribution in [2.24, 2.45) is 0 Å². The molecular formula is C41H52. The van der Waals surface area contributed by atoms with Crippen molar-refractivity contribution < 1.29 is 0 Å². The lowest BCUT2D eigenvalue weighted by Gasteiger charge is -1.98. The maximum Gasteiger partial charge on any atom is -0.0155 e. The Bertz CT molecular complexity index is 1430. The predicted octanol–water partition coefficient (Wildman–Crippen LogP) is 13.3. The summed E-state index contributed by atoms with van der Waals surface area (Å²) in [4.78, 5) is 0.